The predicted octanol–water partition coefficient (Wildman–Crippen LogP) is -1.47. The number of hydrogen-bond acceptors (Lipinski definition) is 19. The third kappa shape index (κ3) is 8.48. The molecule has 2 aromatic carbocycles. The number of aromatic hydroxyl groups is 1. The van der Waals surface area contributed by atoms with Gasteiger partial charge in [0.1, 0.15) is 83.2 Å². The fourth-order valence-corrected chi connectivity index (χ4v) is 6.71. The van der Waals surface area contributed by atoms with E-state index in [2.05, 4.69) is 0 Å². The highest BCUT2D eigenvalue weighted by atomic mass is 16.8. The van der Waals surface area contributed by atoms with E-state index in [0.717, 1.165) is 11.6 Å². The van der Waals surface area contributed by atoms with Gasteiger partial charge in [-0.2, -0.15) is 0 Å². The quantitative estimate of drug-likeness (QED) is 0.0990. The van der Waals surface area contributed by atoms with Gasteiger partial charge in [-0.25, -0.2) is 0 Å². The van der Waals surface area contributed by atoms with Gasteiger partial charge in [-0.3, -0.25) is 4.79 Å². The maximum Gasteiger partial charge on any atom is 0.239 e. The largest absolute Gasteiger partial charge is 0.507 e. The van der Waals surface area contributed by atoms with E-state index in [1.807, 2.05) is 0 Å². The van der Waals surface area contributed by atoms with E-state index >= 15 is 0 Å². The number of methoxy groups -OCH3 is 1. The summed E-state index contributed by atoms with van der Waals surface area (Å²) in [6, 6.07) is 7.26. The molecule has 6 rings (SSSR count). The monoisotopic (exact) mass is 808 g/mol. The van der Waals surface area contributed by atoms with Crippen LogP contribution in [0.2, 0.25) is 0 Å². The summed E-state index contributed by atoms with van der Waals surface area (Å²) in [6.45, 7) is 3.84. The summed E-state index contributed by atoms with van der Waals surface area (Å²) in [5, 5.41) is 105. The summed E-state index contributed by atoms with van der Waals surface area (Å²) < 4.78 is 46.5. The lowest BCUT2D eigenvalue weighted by atomic mass is 9.98. The number of rotatable bonds is 11. The predicted molar refractivity (Wildman–Crippen MR) is 193 cm³/mol. The third-order valence-electron chi connectivity index (χ3n) is 10.1. The zero-order chi connectivity index (χ0) is 41.5. The van der Waals surface area contributed by atoms with Crippen molar-refractivity contribution in [2.45, 2.75) is 113 Å². The Balaban J connectivity index is 1.50. The normalized spacial score (nSPS) is 34.5. The minimum absolute atomic E-state index is 0.0184. The Morgan fingerprint density at radius 1 is 0.842 bits per heavy atom. The number of benzene rings is 2. The standard InChI is InChI=1S/C38H48O19/c1-14(2)5-10-18-21(53-37-31(49)28(46)26(44)22(12-39)54-37)11-19(40)23-27(45)34(32(55-33(18)23)16-6-8-17(50-4)9-7-16)56-38-35(29(47)24(42)15(3)52-38)57-36-30(48)25(43)20(41)13-51-36/h5-9,11,15,20,22,24-26,28-31,35-44,46-49H,10,12-13H2,1-4H3/t15-,20+,22+,24-,25-,26+,28-,29+,30+,31+,35+,36-,37-,38-/m0/s1. The highest BCUT2D eigenvalue weighted by molar-refractivity contribution is 5.91. The smallest absolute Gasteiger partial charge is 0.239 e. The molecule has 3 aromatic rings. The Labute approximate surface area is 325 Å². The van der Waals surface area contributed by atoms with Crippen molar-refractivity contribution >= 4 is 11.0 Å². The lowest BCUT2D eigenvalue weighted by Crippen LogP contribution is -2.62. The Kier molecular flexibility index (Phi) is 13.1. The van der Waals surface area contributed by atoms with Crippen LogP contribution in [0.4, 0.5) is 0 Å². The number of phenolic OH excluding ortho intramolecular Hbond substituents is 1. The van der Waals surface area contributed by atoms with Crippen molar-refractivity contribution in [1.82, 2.24) is 0 Å². The Morgan fingerprint density at radius 3 is 2.18 bits per heavy atom. The highest BCUT2D eigenvalue weighted by Gasteiger charge is 2.50. The third-order valence-corrected chi connectivity index (χ3v) is 10.1. The average Bonchev–Trinajstić information content (AvgIpc) is 3.19. The van der Waals surface area contributed by atoms with Crippen LogP contribution in [-0.2, 0) is 25.4 Å². The van der Waals surface area contributed by atoms with Crippen LogP contribution in [0.25, 0.3) is 22.3 Å². The molecule has 3 fully saturated rings. The molecule has 19 heteroatoms. The van der Waals surface area contributed by atoms with Crippen molar-refractivity contribution in [3.8, 4) is 34.3 Å². The lowest BCUT2D eigenvalue weighted by Gasteiger charge is -2.44. The first-order valence-electron chi connectivity index (χ1n) is 18.2. The fourth-order valence-electron chi connectivity index (χ4n) is 6.71. The van der Waals surface area contributed by atoms with Crippen molar-refractivity contribution < 1.29 is 88.6 Å². The second-order valence-electron chi connectivity index (χ2n) is 14.4. The summed E-state index contributed by atoms with van der Waals surface area (Å²) in [4.78, 5) is 14.7. The van der Waals surface area contributed by atoms with E-state index < -0.39 is 122 Å². The van der Waals surface area contributed by atoms with Crippen LogP contribution in [0.3, 0.4) is 0 Å². The van der Waals surface area contributed by atoms with E-state index in [1.165, 1.54) is 26.2 Å². The second kappa shape index (κ2) is 17.5. The van der Waals surface area contributed by atoms with Crippen LogP contribution in [-0.4, -0.2) is 157 Å². The molecule has 0 amide bonds. The van der Waals surface area contributed by atoms with E-state index in [9.17, 15) is 55.9 Å². The van der Waals surface area contributed by atoms with Gasteiger partial charge in [0.2, 0.25) is 23.8 Å². The molecular weight excluding hydrogens is 760 g/mol. The molecule has 19 nitrogen and oxygen atoms in total. The van der Waals surface area contributed by atoms with Crippen molar-refractivity contribution in [2.24, 2.45) is 0 Å². The van der Waals surface area contributed by atoms with Crippen molar-refractivity contribution in [1.29, 1.82) is 0 Å². The first-order chi connectivity index (χ1) is 27.1. The first kappa shape index (κ1) is 42.7. The molecule has 0 bridgehead atoms. The van der Waals surface area contributed by atoms with Gasteiger partial charge >= 0.3 is 0 Å². The molecule has 0 spiro atoms. The summed E-state index contributed by atoms with van der Waals surface area (Å²) in [6.07, 6.45) is -21.0. The number of aliphatic hydroxyl groups is 9. The topological polar surface area (TPSA) is 297 Å². The summed E-state index contributed by atoms with van der Waals surface area (Å²) >= 11 is 0. The van der Waals surface area contributed by atoms with Gasteiger partial charge in [0.05, 0.1) is 26.4 Å². The summed E-state index contributed by atoms with van der Waals surface area (Å²) in [5.41, 5.74) is 0.0639. The van der Waals surface area contributed by atoms with Crippen LogP contribution < -0.4 is 19.6 Å². The molecule has 0 saturated carbocycles. The molecule has 57 heavy (non-hydrogen) atoms. The molecular formula is C38H48O19. The number of ether oxygens (including phenoxy) is 7. The van der Waals surface area contributed by atoms with Gasteiger partial charge in [-0.1, -0.05) is 11.6 Å². The molecule has 1 aromatic heterocycles. The molecule has 3 saturated heterocycles. The number of fused-ring (bicyclic) bond motifs is 1. The van der Waals surface area contributed by atoms with Gasteiger partial charge in [0.15, 0.2) is 18.2 Å². The minimum atomic E-state index is -1.81. The second-order valence-corrected chi connectivity index (χ2v) is 14.4. The van der Waals surface area contributed by atoms with Crippen LogP contribution in [0.5, 0.6) is 23.0 Å². The molecule has 4 heterocycles. The molecule has 14 atom stereocenters. The van der Waals surface area contributed by atoms with E-state index in [1.54, 1.807) is 32.1 Å². The zero-order valence-electron chi connectivity index (χ0n) is 31.3. The molecule has 10 N–H and O–H groups in total. The van der Waals surface area contributed by atoms with Gasteiger partial charge in [-0.05, 0) is 51.5 Å². The first-order valence-corrected chi connectivity index (χ1v) is 18.2. The van der Waals surface area contributed by atoms with Crippen molar-refractivity contribution in [3.05, 3.63) is 57.8 Å². The zero-order valence-corrected chi connectivity index (χ0v) is 31.3. The highest BCUT2D eigenvalue weighted by Crippen LogP contribution is 2.42. The van der Waals surface area contributed by atoms with Crippen molar-refractivity contribution in [2.75, 3.05) is 20.3 Å². The Hall–Kier alpha value is -3.93. The SMILES string of the molecule is COc1ccc(-c2oc3c(CC=C(C)C)c(O[C@H]4O[C@H](CO)[C@@H](O)[C@H](O)[C@H]4O)cc(O)c3c(=O)c2O[C@@H]2O[C@@H](C)[C@H](O)[C@@H](O)[C@H]2O[C@@H]2OC[C@@H](O)[C@H](O)[C@H]2O)cc1. The number of hydrogen-bond donors (Lipinski definition) is 10. The van der Waals surface area contributed by atoms with Crippen LogP contribution in [0.1, 0.15) is 26.3 Å². The Morgan fingerprint density at radius 2 is 1.53 bits per heavy atom. The summed E-state index contributed by atoms with van der Waals surface area (Å²) in [5.74, 6) is -1.21. The van der Waals surface area contributed by atoms with E-state index in [-0.39, 0.29) is 34.6 Å². The number of phenols is 1. The fraction of sp³-hybridized carbons (Fsp3) is 0.553. The maximum atomic E-state index is 14.7. The van der Waals surface area contributed by atoms with E-state index in [0.29, 0.717) is 5.75 Å². The average molecular weight is 809 g/mol. The van der Waals surface area contributed by atoms with Crippen molar-refractivity contribution in [3.63, 3.8) is 0 Å². The molecule has 3 aliphatic heterocycles. The van der Waals surface area contributed by atoms with Gasteiger partial charge in [0.25, 0.3) is 0 Å². The maximum absolute atomic E-state index is 14.7. The number of allylic oxidation sites excluding steroid dienone is 2. The minimum Gasteiger partial charge on any atom is -0.507 e. The lowest BCUT2D eigenvalue weighted by molar-refractivity contribution is -0.341. The Bertz CT molecular complexity index is 1940. The van der Waals surface area contributed by atoms with E-state index in [4.69, 9.17) is 37.6 Å². The van der Waals surface area contributed by atoms with Crippen LogP contribution >= 0.6 is 0 Å². The summed E-state index contributed by atoms with van der Waals surface area (Å²) in [7, 11) is 1.45. The van der Waals surface area contributed by atoms with Gasteiger partial charge in [0, 0.05) is 17.2 Å². The molecule has 314 valence electrons. The molecule has 0 aliphatic carbocycles. The molecule has 0 radical (unpaired) electrons. The van der Waals surface area contributed by atoms with Gasteiger partial charge in [-0.15, -0.1) is 0 Å². The van der Waals surface area contributed by atoms with Crippen LogP contribution in [0, 0.1) is 0 Å². The molecule has 3 aliphatic rings. The number of aliphatic hydroxyl groups excluding tert-OH is 9. The van der Waals surface area contributed by atoms with Crippen LogP contribution in [0.15, 0.2) is 51.2 Å². The molecule has 0 unspecified atom stereocenters. The van der Waals surface area contributed by atoms with Gasteiger partial charge < -0.3 is 88.6 Å².